The average molecular weight is 151 g/mol. The quantitative estimate of drug-likeness (QED) is 0.311. The Kier molecular flexibility index (Phi) is 25.0. The summed E-state index contributed by atoms with van der Waals surface area (Å²) in [5, 5.41) is 2.14. The van der Waals surface area contributed by atoms with Crippen molar-refractivity contribution in [1.29, 1.82) is 0 Å². The van der Waals surface area contributed by atoms with Gasteiger partial charge in [-0.1, -0.05) is 13.8 Å². The monoisotopic (exact) mass is 151 g/mol. The number of nitrogens with zero attached hydrogens (tertiary/aromatic N) is 1. The maximum absolute atomic E-state index is 9.50. The average Bonchev–Trinajstić information content (AvgIpc) is 1.93. The molecule has 0 aliphatic heterocycles. The van der Waals surface area contributed by atoms with Crippen molar-refractivity contribution < 1.29 is 9.50 Å². The molecule has 0 saturated heterocycles. The second-order valence-corrected chi connectivity index (χ2v) is 0.871. The van der Waals surface area contributed by atoms with E-state index < -0.39 is 0 Å². The number of amides is 1. The minimum Gasteiger partial charge on any atom is -0.370 e. The minimum atomic E-state index is 0. The Morgan fingerprint density at radius 1 is 1.60 bits per heavy atom. The van der Waals surface area contributed by atoms with E-state index in [1.807, 2.05) is 13.8 Å². The molecule has 0 atom stereocenters. The van der Waals surface area contributed by atoms with Gasteiger partial charge in [0, 0.05) is 7.05 Å². The Balaban J connectivity index is -0.000000149. The Morgan fingerprint density at radius 3 is 2.10 bits per heavy atom. The molecule has 10 heavy (non-hydrogen) atoms. The van der Waals surface area contributed by atoms with Gasteiger partial charge in [0.25, 0.3) is 0 Å². The van der Waals surface area contributed by atoms with Crippen molar-refractivity contribution in [2.24, 2.45) is 10.7 Å². The van der Waals surface area contributed by atoms with Crippen molar-refractivity contribution in [2.45, 2.75) is 13.8 Å². The number of carbonyl (C=O) groups excluding carboxylic acids is 1. The van der Waals surface area contributed by atoms with Crippen LogP contribution in [0.25, 0.3) is 0 Å². The second kappa shape index (κ2) is 15.7. The molecule has 0 radical (unpaired) electrons. The van der Waals surface area contributed by atoms with Crippen molar-refractivity contribution in [2.75, 3.05) is 7.05 Å². The molecule has 0 bridgehead atoms. The van der Waals surface area contributed by atoms with Crippen LogP contribution < -0.4 is 11.1 Å². The van der Waals surface area contributed by atoms with Gasteiger partial charge in [0.15, 0.2) is 5.96 Å². The van der Waals surface area contributed by atoms with Crippen molar-refractivity contribution in [3.8, 4) is 0 Å². The SMILES string of the molecule is CC.CN=C(N)NC=O.F. The Bertz CT molecular complexity index is 94.9. The van der Waals surface area contributed by atoms with E-state index in [0.717, 1.165) is 0 Å². The summed E-state index contributed by atoms with van der Waals surface area (Å²) >= 11 is 0. The van der Waals surface area contributed by atoms with Crippen LogP contribution in [0.2, 0.25) is 0 Å². The fourth-order valence-corrected chi connectivity index (χ4v) is 0.125. The first-order valence-corrected chi connectivity index (χ1v) is 2.73. The third kappa shape index (κ3) is 15.8. The van der Waals surface area contributed by atoms with Gasteiger partial charge >= 0.3 is 0 Å². The number of nitrogens with two attached hydrogens (primary N) is 1. The van der Waals surface area contributed by atoms with Crippen LogP contribution in [-0.4, -0.2) is 19.4 Å². The maximum Gasteiger partial charge on any atom is 0.213 e. The van der Waals surface area contributed by atoms with E-state index in [1.165, 1.54) is 7.05 Å². The summed E-state index contributed by atoms with van der Waals surface area (Å²) in [4.78, 5) is 12.9. The molecule has 0 spiro atoms. The van der Waals surface area contributed by atoms with Crippen LogP contribution in [0.1, 0.15) is 13.8 Å². The zero-order valence-electron chi connectivity index (χ0n) is 6.42. The fourth-order valence-electron chi connectivity index (χ4n) is 0.125. The van der Waals surface area contributed by atoms with Gasteiger partial charge in [0.2, 0.25) is 6.41 Å². The van der Waals surface area contributed by atoms with Gasteiger partial charge in [-0.15, -0.1) is 0 Å². The van der Waals surface area contributed by atoms with E-state index >= 15 is 0 Å². The van der Waals surface area contributed by atoms with Gasteiger partial charge in [0.05, 0.1) is 0 Å². The van der Waals surface area contributed by atoms with Crippen molar-refractivity contribution in [1.82, 2.24) is 5.32 Å². The summed E-state index contributed by atoms with van der Waals surface area (Å²) < 4.78 is 0. The van der Waals surface area contributed by atoms with Crippen LogP contribution in [0.4, 0.5) is 4.70 Å². The standard InChI is InChI=1S/C3H7N3O.C2H6.FH/c1-5-3(4)6-2-7;1-2;/h2H,1H3,(H3,4,5,6,7);1-2H3;1H. The van der Waals surface area contributed by atoms with E-state index in [1.54, 1.807) is 0 Å². The van der Waals surface area contributed by atoms with E-state index in [9.17, 15) is 4.79 Å². The van der Waals surface area contributed by atoms with Gasteiger partial charge in [-0.05, 0) is 0 Å². The van der Waals surface area contributed by atoms with E-state index in [0.29, 0.717) is 6.41 Å². The molecule has 0 heterocycles. The van der Waals surface area contributed by atoms with Gasteiger partial charge in [0.1, 0.15) is 0 Å². The topological polar surface area (TPSA) is 67.5 Å². The van der Waals surface area contributed by atoms with Crippen LogP contribution >= 0.6 is 0 Å². The lowest BCUT2D eigenvalue weighted by Crippen LogP contribution is -2.29. The number of guanidine groups is 1. The number of halogens is 1. The lowest BCUT2D eigenvalue weighted by Gasteiger charge is -1.89. The smallest absolute Gasteiger partial charge is 0.213 e. The Hall–Kier alpha value is -1.13. The van der Waals surface area contributed by atoms with Crippen molar-refractivity contribution >= 4 is 12.4 Å². The number of rotatable bonds is 1. The number of nitrogens with one attached hydrogen (secondary N) is 1. The molecule has 3 N–H and O–H groups in total. The molecule has 0 fully saturated rings. The summed E-state index contributed by atoms with van der Waals surface area (Å²) in [6.45, 7) is 4.00. The molecular weight excluding hydrogens is 137 g/mol. The maximum atomic E-state index is 9.50. The summed E-state index contributed by atoms with van der Waals surface area (Å²) in [7, 11) is 1.49. The zero-order chi connectivity index (χ0) is 7.70. The predicted octanol–water partition coefficient (Wildman–Crippen LogP) is -0.144. The largest absolute Gasteiger partial charge is 0.370 e. The molecule has 62 valence electrons. The summed E-state index contributed by atoms with van der Waals surface area (Å²) in [6.07, 6.45) is 0.475. The molecule has 0 aromatic rings. The molecule has 0 aliphatic carbocycles. The summed E-state index contributed by atoms with van der Waals surface area (Å²) in [5.74, 6) is 0.134. The summed E-state index contributed by atoms with van der Waals surface area (Å²) in [5.41, 5.74) is 4.99. The van der Waals surface area contributed by atoms with Crippen molar-refractivity contribution in [3.63, 3.8) is 0 Å². The van der Waals surface area contributed by atoms with Crippen LogP contribution in [0.3, 0.4) is 0 Å². The number of hydrogen-bond donors (Lipinski definition) is 2. The van der Waals surface area contributed by atoms with Crippen LogP contribution in [0.5, 0.6) is 0 Å². The molecule has 0 rings (SSSR count). The number of aliphatic imine (C=N–C) groups is 1. The number of carbonyl (C=O) groups is 1. The van der Waals surface area contributed by atoms with Crippen LogP contribution in [-0.2, 0) is 4.79 Å². The molecule has 0 aromatic carbocycles. The molecule has 0 aliphatic rings. The van der Waals surface area contributed by atoms with E-state index in [2.05, 4.69) is 10.3 Å². The third-order valence-corrected chi connectivity index (χ3v) is 0.448. The fraction of sp³-hybridized carbons (Fsp3) is 0.600. The predicted molar refractivity (Wildman–Crippen MR) is 40.6 cm³/mol. The third-order valence-electron chi connectivity index (χ3n) is 0.448. The first-order chi connectivity index (χ1) is 4.31. The molecule has 0 aromatic heterocycles. The highest BCUT2D eigenvalue weighted by Gasteiger charge is 1.77. The Morgan fingerprint density at radius 2 is 2.00 bits per heavy atom. The zero-order valence-corrected chi connectivity index (χ0v) is 6.42. The first kappa shape index (κ1) is 15.9. The lowest BCUT2D eigenvalue weighted by molar-refractivity contribution is -0.108. The van der Waals surface area contributed by atoms with E-state index in [-0.39, 0.29) is 10.7 Å². The van der Waals surface area contributed by atoms with Gasteiger partial charge in [-0.25, -0.2) is 0 Å². The normalized spacial score (nSPS) is 8.10. The first-order valence-electron chi connectivity index (χ1n) is 2.73. The highest BCUT2D eigenvalue weighted by Crippen LogP contribution is 1.49. The van der Waals surface area contributed by atoms with Crippen molar-refractivity contribution in [3.05, 3.63) is 0 Å². The van der Waals surface area contributed by atoms with Gasteiger partial charge < -0.3 is 5.73 Å². The molecule has 0 unspecified atom stereocenters. The molecule has 1 amide bonds. The highest BCUT2D eigenvalue weighted by molar-refractivity contribution is 5.86. The molecule has 4 nitrogen and oxygen atoms in total. The molecule has 0 saturated carbocycles. The summed E-state index contributed by atoms with van der Waals surface area (Å²) in [6, 6.07) is 0. The number of hydrogen-bond acceptors (Lipinski definition) is 2. The lowest BCUT2D eigenvalue weighted by atomic mass is 11.0. The molecular formula is C5H14FN3O. The van der Waals surface area contributed by atoms with Gasteiger partial charge in [-0.2, -0.15) is 0 Å². The van der Waals surface area contributed by atoms with Gasteiger partial charge in [-0.3, -0.25) is 19.8 Å². The minimum absolute atomic E-state index is 0. The van der Waals surface area contributed by atoms with Crippen LogP contribution in [0.15, 0.2) is 4.99 Å². The van der Waals surface area contributed by atoms with Crippen LogP contribution in [0, 0.1) is 0 Å². The highest BCUT2D eigenvalue weighted by atomic mass is 19.0. The Labute approximate surface area is 59.9 Å². The molecule has 5 heteroatoms. The second-order valence-electron chi connectivity index (χ2n) is 0.871. The van der Waals surface area contributed by atoms with E-state index in [4.69, 9.17) is 5.73 Å².